The van der Waals surface area contributed by atoms with Gasteiger partial charge in [-0.2, -0.15) is 0 Å². The summed E-state index contributed by atoms with van der Waals surface area (Å²) < 4.78 is 6.60. The molecule has 1 aromatic heterocycles. The average molecular weight is 235 g/mol. The summed E-state index contributed by atoms with van der Waals surface area (Å²) in [4.78, 5) is 13.4. The van der Waals surface area contributed by atoms with Crippen molar-refractivity contribution in [1.82, 2.24) is 9.47 Å². The number of aryl methyl sites for hydroxylation is 1. The Labute approximate surface area is 99.4 Å². The Morgan fingerprint density at radius 1 is 1.47 bits per heavy atom. The van der Waals surface area contributed by atoms with Crippen molar-refractivity contribution >= 4 is 11.1 Å². The minimum Gasteiger partial charge on any atom is -0.408 e. The molecule has 0 saturated carbocycles. The molecule has 0 aliphatic rings. The molecule has 5 heteroatoms. The number of nitrogens with two attached hydrogens (primary N) is 1. The van der Waals surface area contributed by atoms with Crippen LogP contribution >= 0.6 is 0 Å². The largest absolute Gasteiger partial charge is 0.419 e. The Bertz CT molecular complexity index is 571. The first-order valence-corrected chi connectivity index (χ1v) is 5.59. The third-order valence-electron chi connectivity index (χ3n) is 2.95. The van der Waals surface area contributed by atoms with Crippen LogP contribution in [-0.2, 0) is 13.5 Å². The normalized spacial score (nSPS) is 11.5. The van der Waals surface area contributed by atoms with Crippen LogP contribution < -0.4 is 11.5 Å². The van der Waals surface area contributed by atoms with E-state index in [0.717, 1.165) is 18.5 Å². The maximum absolute atomic E-state index is 11.3. The summed E-state index contributed by atoms with van der Waals surface area (Å²) >= 11 is 0. The number of rotatable bonds is 4. The summed E-state index contributed by atoms with van der Waals surface area (Å²) in [6.45, 7) is 1.44. The van der Waals surface area contributed by atoms with Gasteiger partial charge in [-0.05, 0) is 31.2 Å². The lowest BCUT2D eigenvalue weighted by Crippen LogP contribution is -2.27. The molecule has 0 saturated heterocycles. The lowest BCUT2D eigenvalue weighted by atomic mass is 10.1. The smallest absolute Gasteiger partial charge is 0.408 e. The fourth-order valence-electron chi connectivity index (χ4n) is 1.74. The highest BCUT2D eigenvalue weighted by molar-refractivity contribution is 5.73. The zero-order chi connectivity index (χ0) is 12.4. The number of benzene rings is 1. The zero-order valence-electron chi connectivity index (χ0n) is 10.1. The van der Waals surface area contributed by atoms with Crippen molar-refractivity contribution in [1.29, 1.82) is 0 Å². The van der Waals surface area contributed by atoms with E-state index in [9.17, 15) is 4.79 Å². The Hall–Kier alpha value is -1.59. The molecule has 0 aliphatic heterocycles. The number of aromatic nitrogens is 1. The van der Waals surface area contributed by atoms with E-state index >= 15 is 0 Å². The Morgan fingerprint density at radius 3 is 2.94 bits per heavy atom. The molecule has 17 heavy (non-hydrogen) atoms. The van der Waals surface area contributed by atoms with Crippen molar-refractivity contribution < 1.29 is 4.42 Å². The van der Waals surface area contributed by atoms with Crippen molar-refractivity contribution in [3.05, 3.63) is 34.3 Å². The van der Waals surface area contributed by atoms with Crippen LogP contribution in [-0.4, -0.2) is 29.7 Å². The molecular formula is C12H17N3O2. The molecule has 2 N–H and O–H groups in total. The highest BCUT2D eigenvalue weighted by Gasteiger charge is 2.06. The fraction of sp³-hybridized carbons (Fsp3) is 0.417. The molecule has 2 rings (SSSR count). The molecule has 0 fully saturated rings. The van der Waals surface area contributed by atoms with Gasteiger partial charge >= 0.3 is 5.76 Å². The van der Waals surface area contributed by atoms with Gasteiger partial charge in [-0.3, -0.25) is 9.47 Å². The second-order valence-electron chi connectivity index (χ2n) is 4.24. The lowest BCUT2D eigenvalue weighted by Gasteiger charge is -2.13. The maximum atomic E-state index is 11.3. The predicted octanol–water partition coefficient (Wildman–Crippen LogP) is 0.522. The van der Waals surface area contributed by atoms with Crippen LogP contribution in [0, 0.1) is 0 Å². The molecule has 2 aromatic rings. The summed E-state index contributed by atoms with van der Waals surface area (Å²) in [5.41, 5.74) is 8.16. The van der Waals surface area contributed by atoms with Crippen LogP contribution in [0.4, 0.5) is 0 Å². The van der Waals surface area contributed by atoms with Gasteiger partial charge in [-0.1, -0.05) is 6.07 Å². The minimum absolute atomic E-state index is 0.323. The van der Waals surface area contributed by atoms with E-state index in [-0.39, 0.29) is 5.76 Å². The summed E-state index contributed by atoms with van der Waals surface area (Å²) in [7, 11) is 3.69. The van der Waals surface area contributed by atoms with E-state index in [1.807, 2.05) is 30.1 Å². The fourth-order valence-corrected chi connectivity index (χ4v) is 1.74. The third-order valence-corrected chi connectivity index (χ3v) is 2.95. The number of hydrogen-bond donors (Lipinski definition) is 1. The van der Waals surface area contributed by atoms with Crippen LogP contribution in [0.3, 0.4) is 0 Å². The quantitative estimate of drug-likeness (QED) is 0.785. The van der Waals surface area contributed by atoms with Crippen molar-refractivity contribution in [2.24, 2.45) is 12.8 Å². The van der Waals surface area contributed by atoms with Gasteiger partial charge in [0.25, 0.3) is 0 Å². The third kappa shape index (κ3) is 2.40. The summed E-state index contributed by atoms with van der Waals surface area (Å²) in [6.07, 6.45) is 0.906. The van der Waals surface area contributed by atoms with E-state index in [0.29, 0.717) is 12.3 Å². The van der Waals surface area contributed by atoms with E-state index in [1.165, 1.54) is 10.1 Å². The highest BCUT2D eigenvalue weighted by Crippen LogP contribution is 2.14. The lowest BCUT2D eigenvalue weighted by molar-refractivity contribution is 0.349. The van der Waals surface area contributed by atoms with Crippen LogP contribution in [0.25, 0.3) is 11.1 Å². The summed E-state index contributed by atoms with van der Waals surface area (Å²) in [5, 5.41) is 0. The van der Waals surface area contributed by atoms with Gasteiger partial charge in [0.2, 0.25) is 0 Å². The van der Waals surface area contributed by atoms with Crippen molar-refractivity contribution in [2.45, 2.75) is 6.42 Å². The first-order chi connectivity index (χ1) is 8.11. The Morgan fingerprint density at radius 2 is 2.24 bits per heavy atom. The second kappa shape index (κ2) is 4.73. The van der Waals surface area contributed by atoms with E-state index in [1.54, 1.807) is 7.05 Å². The molecule has 1 heterocycles. The molecule has 0 spiro atoms. The van der Waals surface area contributed by atoms with Crippen LogP contribution in [0.1, 0.15) is 5.56 Å². The Kier molecular flexibility index (Phi) is 3.31. The molecule has 92 valence electrons. The SMILES string of the molecule is CN(CN)CCc1ccc2oc(=O)n(C)c2c1. The molecular weight excluding hydrogens is 218 g/mol. The van der Waals surface area contributed by atoms with Crippen LogP contribution in [0.15, 0.2) is 27.4 Å². The van der Waals surface area contributed by atoms with Gasteiger partial charge in [0, 0.05) is 20.3 Å². The van der Waals surface area contributed by atoms with Gasteiger partial charge in [-0.25, -0.2) is 4.79 Å². The summed E-state index contributed by atoms with van der Waals surface area (Å²) in [6, 6.07) is 5.81. The molecule has 0 bridgehead atoms. The van der Waals surface area contributed by atoms with Crippen molar-refractivity contribution in [3.63, 3.8) is 0 Å². The first-order valence-electron chi connectivity index (χ1n) is 5.59. The topological polar surface area (TPSA) is 64.4 Å². The first kappa shape index (κ1) is 11.9. The molecule has 0 amide bonds. The van der Waals surface area contributed by atoms with Gasteiger partial charge < -0.3 is 10.2 Å². The standard InChI is InChI=1S/C12H17N3O2/c1-14(8-13)6-5-9-3-4-11-10(7-9)15(2)12(16)17-11/h3-4,7H,5-6,8,13H2,1-2H3. The number of likely N-dealkylation sites (N-methyl/N-ethyl adjacent to an activating group) is 1. The van der Waals surface area contributed by atoms with E-state index in [4.69, 9.17) is 10.2 Å². The molecule has 0 aliphatic carbocycles. The Balaban J connectivity index is 2.25. The molecule has 5 nitrogen and oxygen atoms in total. The van der Waals surface area contributed by atoms with Crippen LogP contribution in [0.2, 0.25) is 0 Å². The minimum atomic E-state index is -0.323. The van der Waals surface area contributed by atoms with Gasteiger partial charge in [0.05, 0.1) is 5.52 Å². The summed E-state index contributed by atoms with van der Waals surface area (Å²) in [5.74, 6) is -0.323. The van der Waals surface area contributed by atoms with Gasteiger partial charge in [0.15, 0.2) is 5.58 Å². The zero-order valence-corrected chi connectivity index (χ0v) is 10.1. The average Bonchev–Trinajstić information content (AvgIpc) is 2.62. The van der Waals surface area contributed by atoms with Gasteiger partial charge in [0.1, 0.15) is 0 Å². The predicted molar refractivity (Wildman–Crippen MR) is 66.8 cm³/mol. The highest BCUT2D eigenvalue weighted by atomic mass is 16.4. The number of oxazole rings is 1. The maximum Gasteiger partial charge on any atom is 0.419 e. The molecule has 0 radical (unpaired) electrons. The van der Waals surface area contributed by atoms with Crippen molar-refractivity contribution in [2.75, 3.05) is 20.3 Å². The van der Waals surface area contributed by atoms with Gasteiger partial charge in [-0.15, -0.1) is 0 Å². The number of fused-ring (bicyclic) bond motifs is 1. The monoisotopic (exact) mass is 235 g/mol. The second-order valence-corrected chi connectivity index (χ2v) is 4.24. The molecule has 0 unspecified atom stereocenters. The number of hydrogen-bond acceptors (Lipinski definition) is 4. The molecule has 0 atom stereocenters. The number of nitrogens with zero attached hydrogens (tertiary/aromatic N) is 2. The van der Waals surface area contributed by atoms with E-state index < -0.39 is 0 Å². The van der Waals surface area contributed by atoms with E-state index in [2.05, 4.69) is 0 Å². The van der Waals surface area contributed by atoms with Crippen molar-refractivity contribution in [3.8, 4) is 0 Å². The van der Waals surface area contributed by atoms with Crippen LogP contribution in [0.5, 0.6) is 0 Å². The molecule has 1 aromatic carbocycles.